The van der Waals surface area contributed by atoms with E-state index in [1.54, 1.807) is 18.2 Å². The molecule has 1 aromatic heterocycles. The van der Waals surface area contributed by atoms with E-state index in [1.165, 1.54) is 14.2 Å². The highest BCUT2D eigenvalue weighted by Gasteiger charge is 2.12. The summed E-state index contributed by atoms with van der Waals surface area (Å²) in [6.45, 7) is 1.93. The van der Waals surface area contributed by atoms with Gasteiger partial charge in [0.1, 0.15) is 0 Å². The van der Waals surface area contributed by atoms with Crippen LogP contribution in [-0.4, -0.2) is 24.2 Å². The average Bonchev–Trinajstić information content (AvgIpc) is 2.67. The Hall–Kier alpha value is -3.05. The number of benzene rings is 2. The Morgan fingerprint density at radius 1 is 1.11 bits per heavy atom. The van der Waals surface area contributed by atoms with E-state index in [0.29, 0.717) is 33.3 Å². The molecule has 5 nitrogen and oxygen atoms in total. The number of ether oxygens (including phenoxy) is 2. The molecule has 3 rings (SSSR count). The number of hydrogen-bond donors (Lipinski definition) is 1. The molecule has 1 N–H and O–H groups in total. The van der Waals surface area contributed by atoms with Crippen molar-refractivity contribution in [3.63, 3.8) is 0 Å². The summed E-state index contributed by atoms with van der Waals surface area (Å²) < 4.78 is 10.5. The van der Waals surface area contributed by atoms with Gasteiger partial charge in [-0.15, -0.1) is 0 Å². The number of allylic oxidation sites excluding steroid dienone is 2. The van der Waals surface area contributed by atoms with E-state index in [2.05, 4.69) is 9.97 Å². The number of halogens is 1. The predicted octanol–water partition coefficient (Wildman–Crippen LogP) is 4.62. The fourth-order valence-corrected chi connectivity index (χ4v) is 2.96. The Kier molecular flexibility index (Phi) is 5.62. The van der Waals surface area contributed by atoms with Crippen LogP contribution in [0.4, 0.5) is 0 Å². The maximum atomic E-state index is 12.5. The largest absolute Gasteiger partial charge is 0.493 e. The molecular weight excluding hydrogens is 364 g/mol. The first-order chi connectivity index (χ1) is 13.0. The Bertz CT molecular complexity index is 1090. The highest BCUT2D eigenvalue weighted by Crippen LogP contribution is 2.30. The fourth-order valence-electron chi connectivity index (χ4n) is 2.70. The minimum Gasteiger partial charge on any atom is -0.493 e. The lowest BCUT2D eigenvalue weighted by molar-refractivity contribution is 0.355. The molecule has 0 aliphatic heterocycles. The first-order valence-corrected chi connectivity index (χ1v) is 8.66. The molecular formula is C21H19ClN2O3. The summed E-state index contributed by atoms with van der Waals surface area (Å²) in [6, 6.07) is 13.2. The summed E-state index contributed by atoms with van der Waals surface area (Å²) in [4.78, 5) is 19.6. The number of nitrogens with zero attached hydrogens (tertiary/aromatic N) is 1. The van der Waals surface area contributed by atoms with Gasteiger partial charge in [-0.1, -0.05) is 48.0 Å². The Morgan fingerprint density at radius 3 is 2.44 bits per heavy atom. The molecule has 27 heavy (non-hydrogen) atoms. The van der Waals surface area contributed by atoms with Crippen molar-refractivity contribution in [3.8, 4) is 11.5 Å². The summed E-state index contributed by atoms with van der Waals surface area (Å²) in [5, 5.41) is 0.742. The van der Waals surface area contributed by atoms with Crippen LogP contribution in [-0.2, 0) is 0 Å². The van der Waals surface area contributed by atoms with E-state index < -0.39 is 0 Å². The molecule has 138 valence electrons. The van der Waals surface area contributed by atoms with E-state index in [0.717, 1.165) is 11.1 Å². The lowest BCUT2D eigenvalue weighted by Gasteiger charge is -2.09. The number of aromatic amines is 1. The third-order valence-corrected chi connectivity index (χ3v) is 4.27. The second-order valence-electron chi connectivity index (χ2n) is 5.93. The zero-order valence-corrected chi connectivity index (χ0v) is 16.0. The second-order valence-corrected chi connectivity index (χ2v) is 6.34. The van der Waals surface area contributed by atoms with Crippen molar-refractivity contribution in [2.45, 2.75) is 6.92 Å². The molecule has 0 unspecified atom stereocenters. The number of fused-ring (bicyclic) bond motifs is 1. The summed E-state index contributed by atoms with van der Waals surface area (Å²) in [7, 11) is 3.05. The van der Waals surface area contributed by atoms with Crippen LogP contribution in [0.15, 0.2) is 58.9 Å². The van der Waals surface area contributed by atoms with Gasteiger partial charge in [0.15, 0.2) is 17.3 Å². The number of H-pyrrole nitrogens is 1. The van der Waals surface area contributed by atoms with Gasteiger partial charge >= 0.3 is 0 Å². The fraction of sp³-hybridized carbons (Fsp3) is 0.143. The molecule has 0 aliphatic carbocycles. The molecule has 0 radical (unpaired) electrons. The Balaban J connectivity index is 2.03. The van der Waals surface area contributed by atoms with E-state index in [1.807, 2.05) is 43.3 Å². The molecule has 0 aliphatic rings. The van der Waals surface area contributed by atoms with Gasteiger partial charge in [0.25, 0.3) is 5.56 Å². The van der Waals surface area contributed by atoms with Crippen molar-refractivity contribution >= 4 is 33.6 Å². The summed E-state index contributed by atoms with van der Waals surface area (Å²) in [5.41, 5.74) is 2.17. The number of hydrogen-bond acceptors (Lipinski definition) is 4. The van der Waals surface area contributed by atoms with Crippen LogP contribution in [0.25, 0.3) is 22.0 Å². The molecule has 0 bridgehead atoms. The topological polar surface area (TPSA) is 64.2 Å². The van der Waals surface area contributed by atoms with Gasteiger partial charge in [-0.3, -0.25) is 4.79 Å². The van der Waals surface area contributed by atoms with Crippen molar-refractivity contribution in [1.82, 2.24) is 9.97 Å². The molecule has 2 aromatic carbocycles. The van der Waals surface area contributed by atoms with Crippen molar-refractivity contribution in [3.05, 3.63) is 75.9 Å². The van der Waals surface area contributed by atoms with Gasteiger partial charge < -0.3 is 14.5 Å². The van der Waals surface area contributed by atoms with Crippen molar-refractivity contribution in [1.29, 1.82) is 0 Å². The second kappa shape index (κ2) is 8.10. The normalized spacial score (nSPS) is 12.3. The third-order valence-electron chi connectivity index (χ3n) is 3.99. The summed E-state index contributed by atoms with van der Waals surface area (Å²) >= 11 is 6.40. The van der Waals surface area contributed by atoms with Gasteiger partial charge in [0.2, 0.25) is 0 Å². The Morgan fingerprint density at radius 2 is 1.78 bits per heavy atom. The number of rotatable bonds is 5. The van der Waals surface area contributed by atoms with Crippen LogP contribution < -0.4 is 15.0 Å². The molecule has 0 atom stereocenters. The van der Waals surface area contributed by atoms with E-state index >= 15 is 0 Å². The molecule has 0 amide bonds. The van der Waals surface area contributed by atoms with Crippen molar-refractivity contribution < 1.29 is 9.47 Å². The minimum absolute atomic E-state index is 0.294. The zero-order valence-electron chi connectivity index (χ0n) is 15.2. The minimum atomic E-state index is -0.299. The van der Waals surface area contributed by atoms with Crippen LogP contribution >= 0.6 is 11.6 Å². The molecule has 6 heteroatoms. The van der Waals surface area contributed by atoms with E-state index in [9.17, 15) is 4.79 Å². The quantitative estimate of drug-likeness (QED) is 0.654. The van der Waals surface area contributed by atoms with Crippen molar-refractivity contribution in [2.24, 2.45) is 0 Å². The van der Waals surface area contributed by atoms with Gasteiger partial charge in [-0.25, -0.2) is 4.98 Å². The average molecular weight is 383 g/mol. The number of aromatic nitrogens is 2. The van der Waals surface area contributed by atoms with Gasteiger partial charge in [-0.05, 0) is 30.2 Å². The van der Waals surface area contributed by atoms with Crippen LogP contribution in [0.2, 0.25) is 0 Å². The molecule has 1 heterocycles. The summed E-state index contributed by atoms with van der Waals surface area (Å²) in [5.74, 6) is 1.25. The lowest BCUT2D eigenvalue weighted by atomic mass is 10.1. The Labute approximate surface area is 161 Å². The monoisotopic (exact) mass is 382 g/mol. The van der Waals surface area contributed by atoms with Crippen LogP contribution in [0.5, 0.6) is 11.5 Å². The first-order valence-electron chi connectivity index (χ1n) is 8.29. The molecule has 3 aromatic rings. The van der Waals surface area contributed by atoms with Gasteiger partial charge in [0, 0.05) is 6.07 Å². The predicted molar refractivity (Wildman–Crippen MR) is 109 cm³/mol. The van der Waals surface area contributed by atoms with E-state index in [-0.39, 0.29) is 5.56 Å². The standard InChI is InChI=1S/C21H19ClN2O3/c1-13(9-14-7-5-4-6-8-14)10-16(22)20-23-17-12-19(27-3)18(26-2)11-15(17)21(25)24-20/h4-12H,1-3H3,(H,23,24,25)/b13-9+,16-10-. The lowest BCUT2D eigenvalue weighted by Crippen LogP contribution is -2.11. The molecule has 0 spiro atoms. The van der Waals surface area contributed by atoms with Crippen LogP contribution in [0, 0.1) is 0 Å². The maximum absolute atomic E-state index is 12.5. The van der Waals surface area contributed by atoms with Crippen molar-refractivity contribution in [2.75, 3.05) is 14.2 Å². The van der Waals surface area contributed by atoms with Crippen LogP contribution in [0.3, 0.4) is 0 Å². The van der Waals surface area contributed by atoms with E-state index in [4.69, 9.17) is 21.1 Å². The number of methoxy groups -OCH3 is 2. The third kappa shape index (κ3) is 4.20. The highest BCUT2D eigenvalue weighted by molar-refractivity contribution is 6.48. The van der Waals surface area contributed by atoms with Gasteiger partial charge in [0.05, 0.1) is 30.2 Å². The maximum Gasteiger partial charge on any atom is 0.259 e. The SMILES string of the molecule is COc1cc2nc(/C(Cl)=C/C(C)=C/c3ccccc3)[nH]c(=O)c2cc1OC. The molecule has 0 saturated heterocycles. The summed E-state index contributed by atoms with van der Waals surface area (Å²) in [6.07, 6.45) is 3.76. The highest BCUT2D eigenvalue weighted by atomic mass is 35.5. The van der Waals surface area contributed by atoms with Crippen LogP contribution in [0.1, 0.15) is 18.3 Å². The number of nitrogens with one attached hydrogen (secondary N) is 1. The first kappa shape index (κ1) is 18.7. The van der Waals surface area contributed by atoms with Gasteiger partial charge in [-0.2, -0.15) is 0 Å². The molecule has 0 fully saturated rings. The zero-order chi connectivity index (χ0) is 19.4. The smallest absolute Gasteiger partial charge is 0.259 e. The molecule has 0 saturated carbocycles.